The average Bonchev–Trinajstić information content (AvgIpc) is 3.11. The van der Waals surface area contributed by atoms with Crippen LogP contribution in [0.15, 0.2) is 0 Å². The van der Waals surface area contributed by atoms with Crippen LogP contribution < -0.4 is 10.6 Å². The van der Waals surface area contributed by atoms with Crippen LogP contribution in [0.3, 0.4) is 0 Å². The molecule has 5 nitrogen and oxygen atoms in total. The van der Waals surface area contributed by atoms with E-state index in [1.54, 1.807) is 0 Å². The SMILES string of the molecule is CNCC1CCCN1C(=O)C1CCC(NC(=O)CC2CCCCC2)CC1. The van der Waals surface area contributed by atoms with Crippen molar-refractivity contribution in [2.24, 2.45) is 11.8 Å². The Morgan fingerprint density at radius 1 is 0.923 bits per heavy atom. The van der Waals surface area contributed by atoms with Gasteiger partial charge in [0, 0.05) is 37.5 Å². The molecule has 2 amide bonds. The van der Waals surface area contributed by atoms with Gasteiger partial charge in [-0.15, -0.1) is 0 Å². The lowest BCUT2D eigenvalue weighted by Crippen LogP contribution is -2.46. The molecular formula is C21H37N3O2. The van der Waals surface area contributed by atoms with Crippen molar-refractivity contribution < 1.29 is 9.59 Å². The first-order chi connectivity index (χ1) is 12.7. The standard InChI is InChI=1S/C21H37N3O2/c1-22-15-19-8-5-13-24(19)21(26)17-9-11-18(12-10-17)23-20(25)14-16-6-3-2-4-7-16/h16-19,22H,2-15H2,1H3,(H,23,25). The lowest BCUT2D eigenvalue weighted by Gasteiger charge is -2.33. The molecule has 0 spiro atoms. The summed E-state index contributed by atoms with van der Waals surface area (Å²) in [4.78, 5) is 27.3. The maximum absolute atomic E-state index is 12.9. The maximum Gasteiger partial charge on any atom is 0.225 e. The summed E-state index contributed by atoms with van der Waals surface area (Å²) in [5, 5.41) is 6.47. The van der Waals surface area contributed by atoms with Crippen molar-refractivity contribution in [2.75, 3.05) is 20.1 Å². The van der Waals surface area contributed by atoms with Gasteiger partial charge >= 0.3 is 0 Å². The molecule has 1 heterocycles. The largest absolute Gasteiger partial charge is 0.353 e. The molecule has 3 fully saturated rings. The molecule has 0 aromatic rings. The van der Waals surface area contributed by atoms with Gasteiger partial charge in [-0.3, -0.25) is 9.59 Å². The second-order valence-electron chi connectivity index (χ2n) is 8.71. The summed E-state index contributed by atoms with van der Waals surface area (Å²) in [6.45, 7) is 1.82. The number of carbonyl (C=O) groups is 2. The van der Waals surface area contributed by atoms with Gasteiger partial charge in [-0.2, -0.15) is 0 Å². The third kappa shape index (κ3) is 5.21. The van der Waals surface area contributed by atoms with E-state index >= 15 is 0 Å². The second-order valence-corrected chi connectivity index (χ2v) is 8.71. The molecule has 1 unspecified atom stereocenters. The number of nitrogens with zero attached hydrogens (tertiary/aromatic N) is 1. The molecule has 0 aromatic heterocycles. The van der Waals surface area contributed by atoms with E-state index < -0.39 is 0 Å². The molecule has 2 N–H and O–H groups in total. The molecule has 26 heavy (non-hydrogen) atoms. The van der Waals surface area contributed by atoms with Crippen molar-refractivity contribution in [3.63, 3.8) is 0 Å². The van der Waals surface area contributed by atoms with E-state index in [-0.39, 0.29) is 17.9 Å². The van der Waals surface area contributed by atoms with Crippen LogP contribution in [0.2, 0.25) is 0 Å². The summed E-state index contributed by atoms with van der Waals surface area (Å²) in [6.07, 6.45) is 13.1. The fraction of sp³-hybridized carbons (Fsp3) is 0.905. The Labute approximate surface area is 158 Å². The molecule has 5 heteroatoms. The van der Waals surface area contributed by atoms with E-state index in [4.69, 9.17) is 0 Å². The third-order valence-corrected chi connectivity index (χ3v) is 6.74. The highest BCUT2D eigenvalue weighted by Gasteiger charge is 2.35. The van der Waals surface area contributed by atoms with Gasteiger partial charge in [0.1, 0.15) is 0 Å². The highest BCUT2D eigenvalue weighted by atomic mass is 16.2. The van der Waals surface area contributed by atoms with Gasteiger partial charge in [0.05, 0.1) is 0 Å². The summed E-state index contributed by atoms with van der Waals surface area (Å²) in [7, 11) is 1.96. The monoisotopic (exact) mass is 363 g/mol. The first-order valence-electron chi connectivity index (χ1n) is 10.9. The van der Waals surface area contributed by atoms with E-state index in [2.05, 4.69) is 15.5 Å². The first-order valence-corrected chi connectivity index (χ1v) is 10.9. The van der Waals surface area contributed by atoms with Crippen LogP contribution in [0.25, 0.3) is 0 Å². The molecule has 3 rings (SSSR count). The Hall–Kier alpha value is -1.10. The predicted octanol–water partition coefficient (Wildman–Crippen LogP) is 2.84. The summed E-state index contributed by atoms with van der Waals surface area (Å²) in [5.74, 6) is 1.36. The van der Waals surface area contributed by atoms with E-state index in [9.17, 15) is 9.59 Å². The van der Waals surface area contributed by atoms with Crippen LogP contribution in [-0.4, -0.2) is 48.9 Å². The van der Waals surface area contributed by atoms with Gasteiger partial charge in [0.2, 0.25) is 11.8 Å². The highest BCUT2D eigenvalue weighted by Crippen LogP contribution is 2.30. The number of likely N-dealkylation sites (tertiary alicyclic amines) is 1. The quantitative estimate of drug-likeness (QED) is 0.763. The van der Waals surface area contributed by atoms with Crippen LogP contribution in [0, 0.1) is 11.8 Å². The zero-order chi connectivity index (χ0) is 18.4. The second kappa shape index (κ2) is 9.72. The molecule has 0 aromatic carbocycles. The fourth-order valence-corrected chi connectivity index (χ4v) is 5.23. The zero-order valence-electron chi connectivity index (χ0n) is 16.5. The van der Waals surface area contributed by atoms with Crippen molar-refractivity contribution in [1.29, 1.82) is 0 Å². The minimum absolute atomic E-state index is 0.166. The van der Waals surface area contributed by atoms with Crippen molar-refractivity contribution in [3.8, 4) is 0 Å². The Morgan fingerprint density at radius 2 is 1.65 bits per heavy atom. The molecular weight excluding hydrogens is 326 g/mol. The average molecular weight is 364 g/mol. The molecule has 148 valence electrons. The van der Waals surface area contributed by atoms with E-state index in [1.165, 1.54) is 32.1 Å². The Kier molecular flexibility index (Phi) is 7.35. The third-order valence-electron chi connectivity index (χ3n) is 6.74. The lowest BCUT2D eigenvalue weighted by molar-refractivity contribution is -0.137. The normalized spacial score (nSPS) is 30.3. The van der Waals surface area contributed by atoms with Crippen LogP contribution in [0.1, 0.15) is 77.0 Å². The number of nitrogens with one attached hydrogen (secondary N) is 2. The maximum atomic E-state index is 12.9. The number of likely N-dealkylation sites (N-methyl/N-ethyl adjacent to an activating group) is 1. The Morgan fingerprint density at radius 3 is 2.35 bits per heavy atom. The summed E-state index contributed by atoms with van der Waals surface area (Å²) < 4.78 is 0. The van der Waals surface area contributed by atoms with Gasteiger partial charge in [0.15, 0.2) is 0 Å². The molecule has 1 saturated heterocycles. The van der Waals surface area contributed by atoms with Gasteiger partial charge in [0.25, 0.3) is 0 Å². The Balaban J connectivity index is 1.39. The van der Waals surface area contributed by atoms with Crippen LogP contribution in [0.5, 0.6) is 0 Å². The summed E-state index contributed by atoms with van der Waals surface area (Å²) in [5.41, 5.74) is 0. The molecule has 2 saturated carbocycles. The predicted molar refractivity (Wildman–Crippen MR) is 104 cm³/mol. The van der Waals surface area contributed by atoms with Crippen molar-refractivity contribution in [3.05, 3.63) is 0 Å². The van der Waals surface area contributed by atoms with Crippen LogP contribution in [0.4, 0.5) is 0 Å². The van der Waals surface area contributed by atoms with Crippen molar-refractivity contribution in [2.45, 2.75) is 89.1 Å². The highest BCUT2D eigenvalue weighted by molar-refractivity contribution is 5.80. The van der Waals surface area contributed by atoms with Crippen molar-refractivity contribution >= 4 is 11.8 Å². The Bertz CT molecular complexity index is 468. The lowest BCUT2D eigenvalue weighted by atomic mass is 9.84. The van der Waals surface area contributed by atoms with Gasteiger partial charge in [-0.25, -0.2) is 0 Å². The molecule has 0 bridgehead atoms. The number of hydrogen-bond acceptors (Lipinski definition) is 3. The minimum Gasteiger partial charge on any atom is -0.353 e. The van der Waals surface area contributed by atoms with Crippen LogP contribution >= 0.6 is 0 Å². The molecule has 0 radical (unpaired) electrons. The minimum atomic E-state index is 0.166. The number of rotatable bonds is 6. The summed E-state index contributed by atoms with van der Waals surface area (Å²) in [6, 6.07) is 0.655. The molecule has 3 aliphatic rings. The van der Waals surface area contributed by atoms with E-state index in [0.717, 1.165) is 51.6 Å². The summed E-state index contributed by atoms with van der Waals surface area (Å²) >= 11 is 0. The molecule has 1 atom stereocenters. The van der Waals surface area contributed by atoms with Gasteiger partial charge in [-0.1, -0.05) is 19.3 Å². The van der Waals surface area contributed by atoms with Crippen molar-refractivity contribution in [1.82, 2.24) is 15.5 Å². The smallest absolute Gasteiger partial charge is 0.225 e. The van der Waals surface area contributed by atoms with Gasteiger partial charge < -0.3 is 15.5 Å². The fourth-order valence-electron chi connectivity index (χ4n) is 5.23. The topological polar surface area (TPSA) is 61.4 Å². The number of amides is 2. The number of hydrogen-bond donors (Lipinski definition) is 2. The first kappa shape index (κ1) is 19.7. The molecule has 1 aliphatic heterocycles. The van der Waals surface area contributed by atoms with E-state index in [0.29, 0.717) is 24.3 Å². The van der Waals surface area contributed by atoms with Crippen LogP contribution in [-0.2, 0) is 9.59 Å². The van der Waals surface area contributed by atoms with E-state index in [1.807, 2.05) is 7.05 Å². The van der Waals surface area contributed by atoms with Gasteiger partial charge in [-0.05, 0) is 64.3 Å². The molecule has 2 aliphatic carbocycles. The zero-order valence-corrected chi connectivity index (χ0v) is 16.5. The number of carbonyl (C=O) groups excluding carboxylic acids is 2.